The number of nitriles is 1. The van der Waals surface area contributed by atoms with Crippen LogP contribution in [0.15, 0.2) is 33.9 Å². The number of anilines is 1. The van der Waals surface area contributed by atoms with E-state index in [2.05, 4.69) is 20.8 Å². The Morgan fingerprint density at radius 2 is 2.06 bits per heavy atom. The Labute approximate surface area is 179 Å². The second-order valence-corrected chi connectivity index (χ2v) is 7.78. The number of hydrogen-bond acceptors (Lipinski definition) is 6. The van der Waals surface area contributed by atoms with E-state index in [1.165, 1.54) is 0 Å². The highest BCUT2D eigenvalue weighted by Gasteiger charge is 2.30. The molecule has 0 saturated carbocycles. The van der Waals surface area contributed by atoms with Gasteiger partial charge in [0.1, 0.15) is 6.04 Å². The van der Waals surface area contributed by atoms with E-state index in [-0.39, 0.29) is 24.3 Å². The molecule has 1 aromatic carbocycles. The summed E-state index contributed by atoms with van der Waals surface area (Å²) < 4.78 is 5.10. The van der Waals surface area contributed by atoms with Gasteiger partial charge >= 0.3 is 0 Å². The van der Waals surface area contributed by atoms with Crippen LogP contribution in [0.4, 0.5) is 5.69 Å². The zero-order chi connectivity index (χ0) is 21.6. The number of hydrogen-bond donors (Lipinski definition) is 2. The number of nitrogens with zero attached hydrogens (tertiary/aromatic N) is 5. The van der Waals surface area contributed by atoms with Gasteiger partial charge in [-0.1, -0.05) is 5.16 Å². The van der Waals surface area contributed by atoms with Gasteiger partial charge in [0.2, 0.25) is 17.8 Å². The molecule has 2 fully saturated rings. The molecule has 10 heteroatoms. The summed E-state index contributed by atoms with van der Waals surface area (Å²) in [4.78, 5) is 33.6. The molecule has 10 nitrogen and oxygen atoms in total. The number of benzene rings is 1. The lowest BCUT2D eigenvalue weighted by Crippen LogP contribution is -2.45. The molecule has 2 amide bonds. The second kappa shape index (κ2) is 9.47. The minimum atomic E-state index is -0.656. The number of carbonyl (C=O) groups excluding carboxylic acids is 2. The number of amides is 2. The van der Waals surface area contributed by atoms with Gasteiger partial charge in [-0.2, -0.15) is 5.26 Å². The van der Waals surface area contributed by atoms with Gasteiger partial charge in [-0.15, -0.1) is 0 Å². The lowest BCUT2D eigenvalue weighted by atomic mass is 10.1. The summed E-state index contributed by atoms with van der Waals surface area (Å²) in [5, 5.41) is 19.3. The Morgan fingerprint density at radius 1 is 1.26 bits per heavy atom. The van der Waals surface area contributed by atoms with Crippen LogP contribution in [0.3, 0.4) is 0 Å². The fourth-order valence-electron chi connectivity index (χ4n) is 3.98. The van der Waals surface area contributed by atoms with Crippen molar-refractivity contribution in [3.05, 3.63) is 24.4 Å². The SMILES string of the molecule is N#CNC(=N[C@H]1CCCCN(CC(=O)N2CCCC2)C1=O)Nc1ccc2oncc2c1. The number of likely N-dealkylation sites (tertiary alicyclic amines) is 2. The monoisotopic (exact) mass is 423 g/mol. The maximum atomic E-state index is 13.1. The first kappa shape index (κ1) is 20.7. The zero-order valence-corrected chi connectivity index (χ0v) is 17.2. The highest BCUT2D eigenvalue weighted by Crippen LogP contribution is 2.20. The minimum Gasteiger partial charge on any atom is -0.356 e. The summed E-state index contributed by atoms with van der Waals surface area (Å²) in [5.41, 5.74) is 1.33. The number of rotatable bonds is 4. The highest BCUT2D eigenvalue weighted by atomic mass is 16.5. The van der Waals surface area contributed by atoms with Crippen LogP contribution in [0, 0.1) is 11.5 Å². The predicted octanol–water partition coefficient (Wildman–Crippen LogP) is 1.67. The first-order valence-electron chi connectivity index (χ1n) is 10.5. The molecule has 0 spiro atoms. The molecule has 2 N–H and O–H groups in total. The van der Waals surface area contributed by atoms with Gasteiger partial charge in [-0.3, -0.25) is 14.9 Å². The molecule has 2 saturated heterocycles. The number of nitrogens with one attached hydrogen (secondary N) is 2. The van der Waals surface area contributed by atoms with Crippen LogP contribution < -0.4 is 10.6 Å². The van der Waals surface area contributed by atoms with Crippen molar-refractivity contribution in [3.8, 4) is 6.19 Å². The molecule has 0 bridgehead atoms. The first-order chi connectivity index (χ1) is 15.1. The van der Waals surface area contributed by atoms with Crippen LogP contribution in [0.5, 0.6) is 0 Å². The van der Waals surface area contributed by atoms with Crippen molar-refractivity contribution in [1.82, 2.24) is 20.3 Å². The van der Waals surface area contributed by atoms with Crippen molar-refractivity contribution in [2.75, 3.05) is 31.5 Å². The molecule has 1 aromatic heterocycles. The Kier molecular flexibility index (Phi) is 6.31. The highest BCUT2D eigenvalue weighted by molar-refractivity contribution is 5.98. The summed E-state index contributed by atoms with van der Waals surface area (Å²) >= 11 is 0. The van der Waals surface area contributed by atoms with Gasteiger partial charge in [0.15, 0.2) is 11.8 Å². The summed E-state index contributed by atoms with van der Waals surface area (Å²) in [5.74, 6) is -0.00560. The van der Waals surface area contributed by atoms with Crippen molar-refractivity contribution < 1.29 is 14.1 Å². The average Bonchev–Trinajstić information content (AvgIpc) is 3.43. The molecule has 2 aromatic rings. The van der Waals surface area contributed by atoms with E-state index in [1.54, 1.807) is 23.2 Å². The van der Waals surface area contributed by atoms with Crippen molar-refractivity contribution >= 4 is 34.4 Å². The maximum absolute atomic E-state index is 13.1. The lowest BCUT2D eigenvalue weighted by molar-refractivity contribution is -0.140. The Morgan fingerprint density at radius 3 is 2.87 bits per heavy atom. The van der Waals surface area contributed by atoms with Crippen molar-refractivity contribution in [2.24, 2.45) is 4.99 Å². The molecule has 162 valence electrons. The molecule has 31 heavy (non-hydrogen) atoms. The molecular weight excluding hydrogens is 398 g/mol. The van der Waals surface area contributed by atoms with E-state index in [9.17, 15) is 9.59 Å². The van der Waals surface area contributed by atoms with Gasteiger partial charge in [-0.25, -0.2) is 4.99 Å². The lowest BCUT2D eigenvalue weighted by Gasteiger charge is -2.25. The minimum absolute atomic E-state index is 0.00833. The van der Waals surface area contributed by atoms with E-state index < -0.39 is 6.04 Å². The van der Waals surface area contributed by atoms with Gasteiger partial charge in [-0.05, 0) is 50.3 Å². The predicted molar refractivity (Wildman–Crippen MR) is 114 cm³/mol. The van der Waals surface area contributed by atoms with Crippen molar-refractivity contribution in [3.63, 3.8) is 0 Å². The van der Waals surface area contributed by atoms with Gasteiger partial charge in [0.25, 0.3) is 0 Å². The van der Waals surface area contributed by atoms with E-state index in [0.29, 0.717) is 24.2 Å². The molecule has 0 unspecified atom stereocenters. The summed E-state index contributed by atoms with van der Waals surface area (Å²) in [6.45, 7) is 2.16. The fourth-order valence-corrected chi connectivity index (χ4v) is 3.98. The smallest absolute Gasteiger partial charge is 0.247 e. The zero-order valence-electron chi connectivity index (χ0n) is 17.2. The van der Waals surface area contributed by atoms with Crippen LogP contribution in [0.1, 0.15) is 32.1 Å². The van der Waals surface area contributed by atoms with Crippen molar-refractivity contribution in [2.45, 2.75) is 38.1 Å². The first-order valence-corrected chi connectivity index (χ1v) is 10.5. The largest absolute Gasteiger partial charge is 0.356 e. The second-order valence-electron chi connectivity index (χ2n) is 7.78. The Bertz CT molecular complexity index is 1020. The van der Waals surface area contributed by atoms with Crippen LogP contribution in [0.2, 0.25) is 0 Å². The van der Waals surface area contributed by atoms with E-state index in [1.807, 2.05) is 17.2 Å². The molecular formula is C21H25N7O3. The molecule has 1 atom stereocenters. The Hall–Kier alpha value is -3.61. The van der Waals surface area contributed by atoms with Crippen LogP contribution >= 0.6 is 0 Å². The maximum Gasteiger partial charge on any atom is 0.247 e. The van der Waals surface area contributed by atoms with Crippen LogP contribution in [-0.2, 0) is 9.59 Å². The Balaban J connectivity index is 1.48. The standard InChI is InChI=1S/C21H25N7O3/c22-14-23-21(25-16-6-7-18-15(11-16)12-24-31-18)26-17-5-1-2-10-28(20(17)30)13-19(29)27-8-3-4-9-27/h6-7,11-12,17H,1-5,8-10,13H2,(H2,23,25,26)/t17-/m0/s1. The number of fused-ring (bicyclic) bond motifs is 1. The normalized spacial score (nSPS) is 19.9. The molecule has 0 radical (unpaired) electrons. The van der Waals surface area contributed by atoms with E-state index in [4.69, 9.17) is 9.78 Å². The fraction of sp³-hybridized carbons (Fsp3) is 0.476. The molecule has 2 aliphatic heterocycles. The quantitative estimate of drug-likeness (QED) is 0.331. The third-order valence-electron chi connectivity index (χ3n) is 5.61. The number of aromatic nitrogens is 1. The van der Waals surface area contributed by atoms with Gasteiger partial charge < -0.3 is 19.6 Å². The number of aliphatic imine (C=N–C) groups is 1. The van der Waals surface area contributed by atoms with E-state index in [0.717, 1.165) is 44.2 Å². The topological polar surface area (TPSA) is 127 Å². The number of guanidine groups is 1. The van der Waals surface area contributed by atoms with Gasteiger partial charge in [0, 0.05) is 30.7 Å². The summed E-state index contributed by atoms with van der Waals surface area (Å²) in [6.07, 6.45) is 7.70. The van der Waals surface area contributed by atoms with E-state index >= 15 is 0 Å². The molecule has 3 heterocycles. The van der Waals surface area contributed by atoms with Gasteiger partial charge in [0.05, 0.1) is 12.7 Å². The molecule has 0 aliphatic carbocycles. The van der Waals surface area contributed by atoms with Crippen molar-refractivity contribution in [1.29, 1.82) is 5.26 Å². The average molecular weight is 423 g/mol. The third-order valence-corrected chi connectivity index (χ3v) is 5.61. The van der Waals surface area contributed by atoms with Crippen LogP contribution in [0.25, 0.3) is 11.0 Å². The third kappa shape index (κ3) is 4.94. The van der Waals surface area contributed by atoms with Crippen LogP contribution in [-0.4, -0.2) is 65.0 Å². The molecule has 4 rings (SSSR count). The number of carbonyl (C=O) groups is 2. The summed E-state index contributed by atoms with van der Waals surface area (Å²) in [6, 6.07) is 4.70. The molecule has 2 aliphatic rings. The summed E-state index contributed by atoms with van der Waals surface area (Å²) in [7, 11) is 0.